The van der Waals surface area contributed by atoms with Crippen LogP contribution in [0.2, 0.25) is 0 Å². The van der Waals surface area contributed by atoms with Gasteiger partial charge in [-0.2, -0.15) is 0 Å². The van der Waals surface area contributed by atoms with Crippen molar-refractivity contribution in [3.05, 3.63) is 34.4 Å². The summed E-state index contributed by atoms with van der Waals surface area (Å²) in [4.78, 5) is 23.0. The summed E-state index contributed by atoms with van der Waals surface area (Å²) in [6, 6.07) is 2.34. The molecule has 1 unspecified atom stereocenters. The van der Waals surface area contributed by atoms with Crippen LogP contribution in [0.3, 0.4) is 0 Å². The molecule has 1 atom stereocenters. The van der Waals surface area contributed by atoms with Crippen LogP contribution in [0.15, 0.2) is 12.1 Å². The number of carboxylic acids is 1. The molecule has 92 valence electrons. The van der Waals surface area contributed by atoms with Gasteiger partial charge in [-0.1, -0.05) is 12.1 Å². The lowest BCUT2D eigenvalue weighted by molar-refractivity contribution is -0.137. The quantitative estimate of drug-likeness (QED) is 0.612. The van der Waals surface area contributed by atoms with Gasteiger partial charge in [0.2, 0.25) is 0 Å². The molecular formula is C13H17NO3. The average molecular weight is 235 g/mol. The Morgan fingerprint density at radius 1 is 1.18 bits per heavy atom. The zero-order valence-electron chi connectivity index (χ0n) is 10.5. The van der Waals surface area contributed by atoms with Gasteiger partial charge in [-0.15, -0.1) is 0 Å². The fourth-order valence-corrected chi connectivity index (χ4v) is 1.75. The third-order valence-corrected chi connectivity index (χ3v) is 3.12. The number of ketones is 1. The first-order valence-corrected chi connectivity index (χ1v) is 5.41. The van der Waals surface area contributed by atoms with Crippen molar-refractivity contribution in [2.24, 2.45) is 0 Å². The highest BCUT2D eigenvalue weighted by Crippen LogP contribution is 2.18. The molecule has 0 heterocycles. The Kier molecular flexibility index (Phi) is 4.02. The van der Waals surface area contributed by atoms with Crippen LogP contribution in [0.5, 0.6) is 0 Å². The maximum atomic E-state index is 12.1. The van der Waals surface area contributed by atoms with E-state index in [2.05, 4.69) is 5.32 Å². The fourth-order valence-electron chi connectivity index (χ4n) is 1.75. The maximum absolute atomic E-state index is 12.1. The van der Waals surface area contributed by atoms with Crippen molar-refractivity contribution in [3.63, 3.8) is 0 Å². The van der Waals surface area contributed by atoms with E-state index in [9.17, 15) is 9.59 Å². The molecular weight excluding hydrogens is 218 g/mol. The van der Waals surface area contributed by atoms with Crippen LogP contribution >= 0.6 is 0 Å². The standard InChI is InChI=1S/C13H17NO3/c1-7-5-6-10(9(3)8(7)2)12(15)11(14-4)13(16)17/h5-6,11,14H,1-4H3,(H,16,17). The summed E-state index contributed by atoms with van der Waals surface area (Å²) in [7, 11) is 1.47. The van der Waals surface area contributed by atoms with Gasteiger partial charge in [-0.05, 0) is 44.5 Å². The number of aryl methyl sites for hydroxylation is 1. The largest absolute Gasteiger partial charge is 0.480 e. The van der Waals surface area contributed by atoms with E-state index in [-0.39, 0.29) is 0 Å². The van der Waals surface area contributed by atoms with Crippen LogP contribution in [-0.2, 0) is 4.79 Å². The van der Waals surface area contributed by atoms with Crippen LogP contribution < -0.4 is 5.32 Å². The van der Waals surface area contributed by atoms with Crippen LogP contribution in [-0.4, -0.2) is 29.9 Å². The number of aliphatic carboxylic acids is 1. The molecule has 0 saturated carbocycles. The summed E-state index contributed by atoms with van der Waals surface area (Å²) in [5, 5.41) is 11.4. The molecule has 0 aliphatic carbocycles. The van der Waals surface area contributed by atoms with Crippen LogP contribution in [0.4, 0.5) is 0 Å². The molecule has 4 nitrogen and oxygen atoms in total. The van der Waals surface area contributed by atoms with Crippen molar-refractivity contribution in [1.82, 2.24) is 5.32 Å². The van der Waals surface area contributed by atoms with Crippen LogP contribution in [0.1, 0.15) is 27.0 Å². The maximum Gasteiger partial charge on any atom is 0.328 e. The van der Waals surface area contributed by atoms with Gasteiger partial charge in [0.05, 0.1) is 0 Å². The Labute approximate surface area is 101 Å². The van der Waals surface area contributed by atoms with Gasteiger partial charge in [0.1, 0.15) is 0 Å². The van der Waals surface area contributed by atoms with Gasteiger partial charge in [0.15, 0.2) is 11.8 Å². The number of carboxylic acid groups (broad SMARTS) is 1. The molecule has 1 aromatic carbocycles. The van der Waals surface area contributed by atoms with E-state index in [1.54, 1.807) is 6.07 Å². The number of carbonyl (C=O) groups excluding carboxylic acids is 1. The van der Waals surface area contributed by atoms with Crippen molar-refractivity contribution < 1.29 is 14.7 Å². The molecule has 0 fully saturated rings. The second-order valence-corrected chi connectivity index (χ2v) is 4.10. The average Bonchev–Trinajstić information content (AvgIpc) is 2.26. The molecule has 0 aromatic heterocycles. The highest BCUT2D eigenvalue weighted by molar-refractivity contribution is 6.12. The van der Waals surface area contributed by atoms with E-state index < -0.39 is 17.8 Å². The van der Waals surface area contributed by atoms with Gasteiger partial charge in [-0.25, -0.2) is 0 Å². The van der Waals surface area contributed by atoms with Crippen LogP contribution in [0.25, 0.3) is 0 Å². The van der Waals surface area contributed by atoms with Crippen LogP contribution in [0, 0.1) is 20.8 Å². The molecule has 1 rings (SSSR count). The molecule has 17 heavy (non-hydrogen) atoms. The van der Waals surface area contributed by atoms with E-state index >= 15 is 0 Å². The predicted molar refractivity (Wildman–Crippen MR) is 65.5 cm³/mol. The third-order valence-electron chi connectivity index (χ3n) is 3.12. The Morgan fingerprint density at radius 3 is 2.24 bits per heavy atom. The first kappa shape index (κ1) is 13.4. The SMILES string of the molecule is CNC(C(=O)O)C(=O)c1ccc(C)c(C)c1C. The fraction of sp³-hybridized carbons (Fsp3) is 0.385. The molecule has 0 bridgehead atoms. The van der Waals surface area contributed by atoms with Crippen molar-refractivity contribution >= 4 is 11.8 Å². The number of benzene rings is 1. The third kappa shape index (κ3) is 2.53. The zero-order chi connectivity index (χ0) is 13.2. The van der Waals surface area contributed by atoms with Gasteiger partial charge in [-0.3, -0.25) is 9.59 Å². The number of hydrogen-bond acceptors (Lipinski definition) is 3. The first-order valence-electron chi connectivity index (χ1n) is 5.41. The first-order chi connectivity index (χ1) is 7.90. The van der Waals surface area contributed by atoms with Crippen molar-refractivity contribution in [2.75, 3.05) is 7.05 Å². The molecule has 0 radical (unpaired) electrons. The van der Waals surface area contributed by atoms with E-state index in [0.717, 1.165) is 16.7 Å². The summed E-state index contributed by atoms with van der Waals surface area (Å²) < 4.78 is 0. The highest BCUT2D eigenvalue weighted by Gasteiger charge is 2.26. The number of hydrogen-bond donors (Lipinski definition) is 2. The second-order valence-electron chi connectivity index (χ2n) is 4.10. The summed E-state index contributed by atoms with van der Waals surface area (Å²) in [6.45, 7) is 5.73. The minimum Gasteiger partial charge on any atom is -0.480 e. The van der Waals surface area contributed by atoms with E-state index in [0.29, 0.717) is 5.56 Å². The Balaban J connectivity index is 3.21. The molecule has 0 aliphatic heterocycles. The Bertz CT molecular complexity index is 466. The van der Waals surface area contributed by atoms with Gasteiger partial charge in [0, 0.05) is 5.56 Å². The summed E-state index contributed by atoms with van der Waals surface area (Å²) >= 11 is 0. The Hall–Kier alpha value is -1.68. The van der Waals surface area contributed by atoms with Gasteiger partial charge >= 0.3 is 5.97 Å². The summed E-state index contributed by atoms with van der Waals surface area (Å²) in [5.74, 6) is -1.56. The van der Waals surface area contributed by atoms with Gasteiger partial charge < -0.3 is 10.4 Å². The minimum absolute atomic E-state index is 0.402. The summed E-state index contributed by atoms with van der Waals surface area (Å²) in [5.41, 5.74) is 3.43. The molecule has 0 saturated heterocycles. The monoisotopic (exact) mass is 235 g/mol. The number of rotatable bonds is 4. The number of Topliss-reactive ketones (excluding diaryl/α,β-unsaturated/α-hetero) is 1. The second kappa shape index (κ2) is 5.10. The lowest BCUT2D eigenvalue weighted by Crippen LogP contribution is -2.41. The van der Waals surface area contributed by atoms with Crippen molar-refractivity contribution in [3.8, 4) is 0 Å². The molecule has 0 aliphatic rings. The summed E-state index contributed by atoms with van der Waals surface area (Å²) in [6.07, 6.45) is 0. The number of carbonyl (C=O) groups is 2. The molecule has 0 spiro atoms. The number of likely N-dealkylation sites (N-methyl/N-ethyl adjacent to an activating group) is 1. The normalized spacial score (nSPS) is 12.2. The molecule has 2 N–H and O–H groups in total. The zero-order valence-corrected chi connectivity index (χ0v) is 10.5. The van der Waals surface area contributed by atoms with E-state index in [1.807, 2.05) is 26.8 Å². The Morgan fingerprint density at radius 2 is 1.76 bits per heavy atom. The van der Waals surface area contributed by atoms with Gasteiger partial charge in [0.25, 0.3) is 0 Å². The van der Waals surface area contributed by atoms with E-state index in [1.165, 1.54) is 7.05 Å². The molecule has 1 aromatic rings. The molecule has 4 heteroatoms. The van der Waals surface area contributed by atoms with E-state index in [4.69, 9.17) is 5.11 Å². The molecule has 0 amide bonds. The lowest BCUT2D eigenvalue weighted by Gasteiger charge is -2.14. The topological polar surface area (TPSA) is 66.4 Å². The number of nitrogens with one attached hydrogen (secondary N) is 1. The highest BCUT2D eigenvalue weighted by atomic mass is 16.4. The van der Waals surface area contributed by atoms with Crippen molar-refractivity contribution in [1.29, 1.82) is 0 Å². The lowest BCUT2D eigenvalue weighted by atomic mass is 9.94. The van der Waals surface area contributed by atoms with Crippen molar-refractivity contribution in [2.45, 2.75) is 26.8 Å². The predicted octanol–water partition coefficient (Wildman–Crippen LogP) is 1.47. The minimum atomic E-state index is -1.18. The smallest absolute Gasteiger partial charge is 0.328 e.